The van der Waals surface area contributed by atoms with Crippen LogP contribution in [0.15, 0.2) is 41.1 Å². The van der Waals surface area contributed by atoms with Gasteiger partial charge in [0.25, 0.3) is 0 Å². The zero-order valence-corrected chi connectivity index (χ0v) is 12.0. The summed E-state index contributed by atoms with van der Waals surface area (Å²) >= 11 is 1.67. The fourth-order valence-electron chi connectivity index (χ4n) is 1.79. The van der Waals surface area contributed by atoms with Crippen molar-refractivity contribution in [2.24, 2.45) is 0 Å². The van der Waals surface area contributed by atoms with Crippen molar-refractivity contribution in [3.63, 3.8) is 0 Å². The average Bonchev–Trinajstić information content (AvgIpc) is 2.93. The summed E-state index contributed by atoms with van der Waals surface area (Å²) in [5.74, 6) is -0.0172. The number of hydrogen-bond donors (Lipinski definition) is 2. The molecule has 0 radical (unpaired) electrons. The summed E-state index contributed by atoms with van der Waals surface area (Å²) in [5, 5.41) is 10.3. The topological polar surface area (TPSA) is 41.1 Å². The first-order chi connectivity index (χ1) is 9.16. The number of aryl methyl sites for hydroxylation is 1. The third-order valence-electron chi connectivity index (χ3n) is 3.03. The number of carbonyl (C=O) groups excluding carboxylic acids is 1. The third kappa shape index (κ3) is 3.91. The molecule has 1 heterocycles. The number of amides is 1. The van der Waals surface area contributed by atoms with Crippen molar-refractivity contribution in [2.75, 3.05) is 11.9 Å². The minimum atomic E-state index is -0.0172. The van der Waals surface area contributed by atoms with Crippen LogP contribution in [-0.2, 0) is 4.79 Å². The lowest BCUT2D eigenvalue weighted by atomic mass is 10.2. The highest BCUT2D eigenvalue weighted by molar-refractivity contribution is 7.07. The standard InChI is InChI=1S/C15H18N2OS/c1-11-5-3-4-6-14(11)17-15(18)9-16-12(2)13-7-8-19-10-13/h3-8,10,12,16H,9H2,1-2H3,(H,17,18). The van der Waals surface area contributed by atoms with Crippen molar-refractivity contribution in [3.8, 4) is 0 Å². The van der Waals surface area contributed by atoms with Crippen LogP contribution in [0.2, 0.25) is 0 Å². The first kappa shape index (κ1) is 13.8. The molecule has 0 saturated carbocycles. The van der Waals surface area contributed by atoms with E-state index < -0.39 is 0 Å². The predicted molar refractivity (Wildman–Crippen MR) is 80.5 cm³/mol. The van der Waals surface area contributed by atoms with Gasteiger partial charge < -0.3 is 10.6 Å². The summed E-state index contributed by atoms with van der Waals surface area (Å²) in [7, 11) is 0. The number of para-hydroxylation sites is 1. The van der Waals surface area contributed by atoms with E-state index in [0.717, 1.165) is 11.3 Å². The molecule has 0 saturated heterocycles. The van der Waals surface area contributed by atoms with Crippen LogP contribution < -0.4 is 10.6 Å². The van der Waals surface area contributed by atoms with Gasteiger partial charge in [0.15, 0.2) is 0 Å². The van der Waals surface area contributed by atoms with Gasteiger partial charge in [0.05, 0.1) is 6.54 Å². The number of thiophene rings is 1. The van der Waals surface area contributed by atoms with Crippen LogP contribution in [0.4, 0.5) is 5.69 Å². The number of anilines is 1. The molecule has 0 fully saturated rings. The molecule has 2 aromatic rings. The van der Waals surface area contributed by atoms with E-state index in [-0.39, 0.29) is 11.9 Å². The van der Waals surface area contributed by atoms with E-state index in [4.69, 9.17) is 0 Å². The van der Waals surface area contributed by atoms with Crippen LogP contribution >= 0.6 is 11.3 Å². The maximum atomic E-state index is 11.9. The second kappa shape index (κ2) is 6.50. The van der Waals surface area contributed by atoms with E-state index in [1.165, 1.54) is 5.56 Å². The molecule has 0 aliphatic heterocycles. The Morgan fingerprint density at radius 1 is 1.32 bits per heavy atom. The largest absolute Gasteiger partial charge is 0.325 e. The maximum absolute atomic E-state index is 11.9. The molecule has 4 heteroatoms. The quantitative estimate of drug-likeness (QED) is 0.878. The summed E-state index contributed by atoms with van der Waals surface area (Å²) in [6, 6.07) is 10.0. The minimum Gasteiger partial charge on any atom is -0.325 e. The fourth-order valence-corrected chi connectivity index (χ4v) is 2.55. The molecule has 3 nitrogen and oxygen atoms in total. The highest BCUT2D eigenvalue weighted by Crippen LogP contribution is 2.15. The molecule has 2 N–H and O–H groups in total. The number of benzene rings is 1. The Labute approximate surface area is 117 Å². The molecule has 1 amide bonds. The summed E-state index contributed by atoms with van der Waals surface area (Å²) in [5.41, 5.74) is 3.16. The van der Waals surface area contributed by atoms with Crippen LogP contribution in [0.3, 0.4) is 0 Å². The molecule has 0 spiro atoms. The van der Waals surface area contributed by atoms with Crippen LogP contribution in [0.1, 0.15) is 24.1 Å². The van der Waals surface area contributed by atoms with Crippen molar-refractivity contribution in [3.05, 3.63) is 52.2 Å². The van der Waals surface area contributed by atoms with Gasteiger partial charge in [-0.1, -0.05) is 18.2 Å². The average molecular weight is 274 g/mol. The first-order valence-electron chi connectivity index (χ1n) is 6.28. The van der Waals surface area contributed by atoms with E-state index >= 15 is 0 Å². The Morgan fingerprint density at radius 3 is 2.79 bits per heavy atom. The fraction of sp³-hybridized carbons (Fsp3) is 0.267. The number of hydrogen-bond acceptors (Lipinski definition) is 3. The molecule has 19 heavy (non-hydrogen) atoms. The van der Waals surface area contributed by atoms with E-state index in [1.54, 1.807) is 11.3 Å². The lowest BCUT2D eigenvalue weighted by molar-refractivity contribution is -0.115. The van der Waals surface area contributed by atoms with Crippen molar-refractivity contribution in [2.45, 2.75) is 19.9 Å². The highest BCUT2D eigenvalue weighted by Gasteiger charge is 2.08. The number of rotatable bonds is 5. The normalized spacial score (nSPS) is 12.1. The van der Waals surface area contributed by atoms with Gasteiger partial charge >= 0.3 is 0 Å². The summed E-state index contributed by atoms with van der Waals surface area (Å²) < 4.78 is 0. The van der Waals surface area contributed by atoms with Crippen LogP contribution in [-0.4, -0.2) is 12.5 Å². The van der Waals surface area contributed by atoms with Gasteiger partial charge in [-0.15, -0.1) is 0 Å². The van der Waals surface area contributed by atoms with Gasteiger partial charge in [0.1, 0.15) is 0 Å². The lowest BCUT2D eigenvalue weighted by Crippen LogP contribution is -2.30. The van der Waals surface area contributed by atoms with Crippen LogP contribution in [0.25, 0.3) is 0 Å². The van der Waals surface area contributed by atoms with Gasteiger partial charge in [0, 0.05) is 11.7 Å². The van der Waals surface area contributed by atoms with Crippen molar-refractivity contribution in [1.82, 2.24) is 5.32 Å². The van der Waals surface area contributed by atoms with E-state index in [0.29, 0.717) is 6.54 Å². The van der Waals surface area contributed by atoms with E-state index in [9.17, 15) is 4.79 Å². The van der Waals surface area contributed by atoms with E-state index in [2.05, 4.69) is 29.0 Å². The Balaban J connectivity index is 1.84. The molecular weight excluding hydrogens is 256 g/mol. The first-order valence-corrected chi connectivity index (χ1v) is 7.22. The second-order valence-electron chi connectivity index (χ2n) is 4.52. The zero-order valence-electron chi connectivity index (χ0n) is 11.1. The van der Waals surface area contributed by atoms with Crippen molar-refractivity contribution in [1.29, 1.82) is 0 Å². The van der Waals surface area contributed by atoms with Gasteiger partial charge in [-0.05, 0) is 47.9 Å². The molecule has 2 rings (SSSR count). The van der Waals surface area contributed by atoms with Gasteiger partial charge in [0.2, 0.25) is 5.91 Å². The van der Waals surface area contributed by atoms with Gasteiger partial charge in [-0.2, -0.15) is 11.3 Å². The lowest BCUT2D eigenvalue weighted by Gasteiger charge is -2.13. The number of carbonyl (C=O) groups is 1. The summed E-state index contributed by atoms with van der Waals surface area (Å²) in [4.78, 5) is 11.9. The molecule has 1 unspecified atom stereocenters. The van der Waals surface area contributed by atoms with Gasteiger partial charge in [-0.25, -0.2) is 0 Å². The Morgan fingerprint density at radius 2 is 2.11 bits per heavy atom. The predicted octanol–water partition coefficient (Wildman–Crippen LogP) is 3.35. The Kier molecular flexibility index (Phi) is 4.71. The van der Waals surface area contributed by atoms with Gasteiger partial charge in [-0.3, -0.25) is 4.79 Å². The molecule has 0 aliphatic carbocycles. The van der Waals surface area contributed by atoms with Crippen molar-refractivity contribution < 1.29 is 4.79 Å². The van der Waals surface area contributed by atoms with Crippen molar-refractivity contribution >= 4 is 22.9 Å². The van der Waals surface area contributed by atoms with Crippen LogP contribution in [0, 0.1) is 6.92 Å². The maximum Gasteiger partial charge on any atom is 0.238 e. The zero-order chi connectivity index (χ0) is 13.7. The summed E-state index contributed by atoms with van der Waals surface area (Å²) in [6.45, 7) is 4.35. The minimum absolute atomic E-state index is 0.0172. The molecule has 1 aromatic heterocycles. The summed E-state index contributed by atoms with van der Waals surface area (Å²) in [6.07, 6.45) is 0. The second-order valence-corrected chi connectivity index (χ2v) is 5.30. The Hall–Kier alpha value is -1.65. The number of nitrogens with one attached hydrogen (secondary N) is 2. The molecule has 1 aromatic carbocycles. The SMILES string of the molecule is Cc1ccccc1NC(=O)CNC(C)c1ccsc1. The van der Waals surface area contributed by atoms with E-state index in [1.807, 2.05) is 36.6 Å². The molecule has 0 aliphatic rings. The monoisotopic (exact) mass is 274 g/mol. The molecule has 0 bridgehead atoms. The molecule has 100 valence electrons. The molecule has 1 atom stereocenters. The molecular formula is C15H18N2OS. The van der Waals surface area contributed by atoms with Crippen LogP contribution in [0.5, 0.6) is 0 Å². The smallest absolute Gasteiger partial charge is 0.238 e. The highest BCUT2D eigenvalue weighted by atomic mass is 32.1. The Bertz CT molecular complexity index is 537. The third-order valence-corrected chi connectivity index (χ3v) is 3.73.